The van der Waals surface area contributed by atoms with E-state index < -0.39 is 47.7 Å². The number of fused-ring (bicyclic) bond motifs is 1. The average molecular weight is 673 g/mol. The van der Waals surface area contributed by atoms with Crippen molar-refractivity contribution < 1.29 is 33.4 Å². The molecule has 4 amide bonds. The number of aldehydes is 1. The Kier molecular flexibility index (Phi) is 12.7. The van der Waals surface area contributed by atoms with Crippen molar-refractivity contribution in [3.63, 3.8) is 0 Å². The lowest BCUT2D eigenvalue weighted by atomic mass is 9.97. The molecule has 0 aromatic heterocycles. The number of alkyl carbamates (subject to hydrolysis) is 2. The first-order valence-corrected chi connectivity index (χ1v) is 16.3. The molecule has 0 aliphatic carbocycles. The second kappa shape index (κ2) is 17.1. The molecule has 1 saturated heterocycles. The number of guanidine groups is 1. The molecule has 3 aromatic carbocycles. The number of likely N-dealkylation sites (tertiary alicyclic amines) is 1. The van der Waals surface area contributed by atoms with Crippen LogP contribution in [0.5, 0.6) is 0 Å². The minimum atomic E-state index is -1.12. The van der Waals surface area contributed by atoms with Gasteiger partial charge >= 0.3 is 12.2 Å². The van der Waals surface area contributed by atoms with Gasteiger partial charge in [0.05, 0.1) is 6.04 Å². The number of nitrogens with one attached hydrogen (secondary N) is 3. The zero-order valence-electron chi connectivity index (χ0n) is 28.0. The molecule has 5 N–H and O–H groups in total. The number of benzene rings is 3. The minimum absolute atomic E-state index is 0.0781. The first-order valence-electron chi connectivity index (χ1n) is 16.3. The Balaban J connectivity index is 1.35. The summed E-state index contributed by atoms with van der Waals surface area (Å²) in [5, 5.41) is 9.50. The maximum atomic E-state index is 14.2. The van der Waals surface area contributed by atoms with Gasteiger partial charge in [0, 0.05) is 13.1 Å². The maximum Gasteiger partial charge on any atom is 0.414 e. The summed E-state index contributed by atoms with van der Waals surface area (Å²) < 4.78 is 10.6. The molecule has 13 heteroatoms. The topological polar surface area (TPSA) is 182 Å². The monoisotopic (exact) mass is 672 g/mol. The molecule has 1 heterocycles. The fourth-order valence-electron chi connectivity index (χ4n) is 5.54. The van der Waals surface area contributed by atoms with Crippen LogP contribution in [0.1, 0.15) is 63.6 Å². The Labute approximate surface area is 285 Å². The standard InChI is InChI=1S/C36H44N6O7/c1-36(2,3)49-35(47)40-30(28-18-9-15-25-14-7-8-17-27(25)28)32(45)42-21-11-19-29(42)31(44)39-26(22-43)16-10-20-38-33(37)41-34(46)48-23-24-12-5-4-6-13-24/h4-9,12-15,17-18,22,26,29-30H,10-11,16,19-21,23H2,1-3H3,(H,39,44)(H,40,47)(H3,37,38,41,46)/t26-,29-,30-/m0/s1. The van der Waals surface area contributed by atoms with Crippen LogP contribution in [0, 0.1) is 0 Å². The molecule has 0 bridgehead atoms. The maximum absolute atomic E-state index is 14.2. The number of nitrogens with two attached hydrogens (primary N) is 1. The van der Waals surface area contributed by atoms with Gasteiger partial charge in [-0.25, -0.2) is 9.59 Å². The van der Waals surface area contributed by atoms with Gasteiger partial charge in [-0.3, -0.25) is 19.9 Å². The molecule has 1 fully saturated rings. The Morgan fingerprint density at radius 3 is 2.43 bits per heavy atom. The van der Waals surface area contributed by atoms with Gasteiger partial charge in [0.25, 0.3) is 5.91 Å². The van der Waals surface area contributed by atoms with Gasteiger partial charge in [0.1, 0.15) is 30.6 Å². The Hall–Kier alpha value is -5.46. The third-order valence-corrected chi connectivity index (χ3v) is 7.77. The van der Waals surface area contributed by atoms with Crippen molar-refractivity contribution in [2.45, 2.75) is 76.8 Å². The Bertz CT molecular complexity index is 1650. The molecule has 0 saturated carbocycles. The van der Waals surface area contributed by atoms with E-state index in [0.29, 0.717) is 37.7 Å². The van der Waals surface area contributed by atoms with Gasteiger partial charge in [-0.1, -0.05) is 72.8 Å². The number of hydrogen-bond acceptors (Lipinski definition) is 8. The molecule has 3 aromatic rings. The zero-order valence-corrected chi connectivity index (χ0v) is 28.0. The zero-order chi connectivity index (χ0) is 35.4. The highest BCUT2D eigenvalue weighted by molar-refractivity contribution is 5.97. The number of aliphatic imine (C=N–C) groups is 1. The van der Waals surface area contributed by atoms with Crippen molar-refractivity contribution in [2.24, 2.45) is 10.7 Å². The lowest BCUT2D eigenvalue weighted by Crippen LogP contribution is -2.52. The molecule has 0 radical (unpaired) electrons. The SMILES string of the molecule is CC(C)(C)OC(=O)N[C@H](C(=O)N1CCC[C@H]1C(=O)N[C@H](C=O)CCCN=C(N)NC(=O)OCc1ccccc1)c1cccc2ccccc12. The van der Waals surface area contributed by atoms with Crippen molar-refractivity contribution in [3.05, 3.63) is 83.9 Å². The molecule has 0 spiro atoms. The molecule has 1 aliphatic rings. The van der Waals surface area contributed by atoms with Crippen LogP contribution in [0.2, 0.25) is 0 Å². The van der Waals surface area contributed by atoms with E-state index in [1.54, 1.807) is 26.8 Å². The fourth-order valence-corrected chi connectivity index (χ4v) is 5.54. The molecule has 260 valence electrons. The van der Waals surface area contributed by atoms with Crippen molar-refractivity contribution in [1.82, 2.24) is 20.9 Å². The first kappa shape index (κ1) is 36.4. The van der Waals surface area contributed by atoms with E-state index in [4.69, 9.17) is 15.2 Å². The van der Waals surface area contributed by atoms with E-state index in [9.17, 15) is 24.0 Å². The highest BCUT2D eigenvalue weighted by Crippen LogP contribution is 2.29. The third kappa shape index (κ3) is 10.8. The summed E-state index contributed by atoms with van der Waals surface area (Å²) in [5.41, 5.74) is 6.39. The van der Waals surface area contributed by atoms with Crippen LogP contribution >= 0.6 is 0 Å². The molecule has 3 atom stereocenters. The predicted octanol–water partition coefficient (Wildman–Crippen LogP) is 4.10. The van der Waals surface area contributed by atoms with Crippen LogP contribution in [0.3, 0.4) is 0 Å². The number of carbonyl (C=O) groups excluding carboxylic acids is 5. The number of carbonyl (C=O) groups is 5. The highest BCUT2D eigenvalue weighted by Gasteiger charge is 2.39. The molecule has 13 nitrogen and oxygen atoms in total. The number of hydrogen-bond donors (Lipinski definition) is 4. The summed E-state index contributed by atoms with van der Waals surface area (Å²) in [4.78, 5) is 70.0. The van der Waals surface area contributed by atoms with E-state index >= 15 is 0 Å². The van der Waals surface area contributed by atoms with Crippen molar-refractivity contribution in [2.75, 3.05) is 13.1 Å². The molecule has 49 heavy (non-hydrogen) atoms. The van der Waals surface area contributed by atoms with Gasteiger partial charge in [-0.05, 0) is 68.4 Å². The number of amides is 4. The lowest BCUT2D eigenvalue weighted by Gasteiger charge is -2.30. The second-order valence-corrected chi connectivity index (χ2v) is 12.7. The largest absolute Gasteiger partial charge is 0.444 e. The third-order valence-electron chi connectivity index (χ3n) is 7.77. The smallest absolute Gasteiger partial charge is 0.414 e. The highest BCUT2D eigenvalue weighted by atomic mass is 16.6. The van der Waals surface area contributed by atoms with Crippen molar-refractivity contribution in [3.8, 4) is 0 Å². The van der Waals surface area contributed by atoms with Crippen LogP contribution in [0.4, 0.5) is 9.59 Å². The van der Waals surface area contributed by atoms with Gasteiger partial charge in [-0.15, -0.1) is 0 Å². The summed E-state index contributed by atoms with van der Waals surface area (Å²) >= 11 is 0. The van der Waals surface area contributed by atoms with E-state index in [1.807, 2.05) is 66.7 Å². The minimum Gasteiger partial charge on any atom is -0.444 e. The van der Waals surface area contributed by atoms with E-state index in [1.165, 1.54) is 4.90 Å². The Morgan fingerprint density at radius 1 is 0.980 bits per heavy atom. The van der Waals surface area contributed by atoms with E-state index in [2.05, 4.69) is 20.9 Å². The van der Waals surface area contributed by atoms with Crippen molar-refractivity contribution in [1.29, 1.82) is 0 Å². The number of ether oxygens (including phenoxy) is 2. The van der Waals surface area contributed by atoms with Crippen LogP contribution in [0.15, 0.2) is 77.8 Å². The van der Waals surface area contributed by atoms with Crippen LogP contribution < -0.4 is 21.7 Å². The van der Waals surface area contributed by atoms with Crippen LogP contribution in [-0.2, 0) is 30.5 Å². The van der Waals surface area contributed by atoms with Gasteiger partial charge in [0.15, 0.2) is 5.96 Å². The van der Waals surface area contributed by atoms with Gasteiger partial charge in [0.2, 0.25) is 5.91 Å². The predicted molar refractivity (Wildman–Crippen MR) is 184 cm³/mol. The normalized spacial score (nSPS) is 15.9. The molecule has 1 aliphatic heterocycles. The summed E-state index contributed by atoms with van der Waals surface area (Å²) in [7, 11) is 0. The van der Waals surface area contributed by atoms with E-state index in [-0.39, 0.29) is 25.5 Å². The molecular weight excluding hydrogens is 628 g/mol. The quantitative estimate of drug-likeness (QED) is 0.0960. The summed E-state index contributed by atoms with van der Waals surface area (Å²) in [6.45, 7) is 5.75. The van der Waals surface area contributed by atoms with Gasteiger partial charge in [-0.2, -0.15) is 0 Å². The number of rotatable bonds is 12. The molecular formula is C36H44N6O7. The first-order chi connectivity index (χ1) is 23.4. The average Bonchev–Trinajstić information content (AvgIpc) is 3.57. The molecule has 0 unspecified atom stereocenters. The summed E-state index contributed by atoms with van der Waals surface area (Å²) in [6.07, 6.45) is 0.717. The van der Waals surface area contributed by atoms with Gasteiger partial charge < -0.3 is 35.5 Å². The molecule has 4 rings (SSSR count). The van der Waals surface area contributed by atoms with Crippen LogP contribution in [0.25, 0.3) is 10.8 Å². The summed E-state index contributed by atoms with van der Waals surface area (Å²) in [6, 6.07) is 19.4. The Morgan fingerprint density at radius 2 is 1.69 bits per heavy atom. The fraction of sp³-hybridized carbons (Fsp3) is 0.389. The summed E-state index contributed by atoms with van der Waals surface area (Å²) in [5.74, 6) is -1.06. The second-order valence-electron chi connectivity index (χ2n) is 12.7. The number of nitrogens with zero attached hydrogens (tertiary/aromatic N) is 2. The lowest BCUT2D eigenvalue weighted by molar-refractivity contribution is -0.140. The van der Waals surface area contributed by atoms with Crippen LogP contribution in [-0.4, -0.2) is 71.9 Å². The van der Waals surface area contributed by atoms with Crippen molar-refractivity contribution >= 4 is 47.0 Å². The van der Waals surface area contributed by atoms with E-state index in [0.717, 1.165) is 16.3 Å².